The van der Waals surface area contributed by atoms with E-state index in [0.717, 1.165) is 11.7 Å². The van der Waals surface area contributed by atoms with E-state index in [1.807, 2.05) is 59.4 Å². The zero-order chi connectivity index (χ0) is 18.8. The molecule has 0 bridgehead atoms. The average molecular weight is 388 g/mol. The Hall–Kier alpha value is -1.09. The molecule has 1 atom stereocenters. The Morgan fingerprint density at radius 2 is 1.64 bits per heavy atom. The second-order valence-electron chi connectivity index (χ2n) is 6.65. The molecule has 0 aromatic heterocycles. The van der Waals surface area contributed by atoms with Gasteiger partial charge in [0.15, 0.2) is 0 Å². The van der Waals surface area contributed by atoms with Crippen molar-refractivity contribution in [2.75, 3.05) is 0 Å². The van der Waals surface area contributed by atoms with E-state index in [2.05, 4.69) is 40.8 Å². The van der Waals surface area contributed by atoms with Crippen LogP contribution < -0.4 is 4.74 Å². The first kappa shape index (κ1) is 22.0. The first-order valence-electron chi connectivity index (χ1n) is 9.03. The minimum atomic E-state index is -0.315. The monoisotopic (exact) mass is 388 g/mol. The number of hydrogen-bond donors (Lipinski definition) is 0. The molecule has 1 unspecified atom stereocenters. The van der Waals surface area contributed by atoms with Gasteiger partial charge in [-0.2, -0.15) is 0 Å². The van der Waals surface area contributed by atoms with Crippen molar-refractivity contribution >= 4 is 6.66 Å². The van der Waals surface area contributed by atoms with Crippen LogP contribution in [0.15, 0.2) is 75.4 Å². The van der Waals surface area contributed by atoms with E-state index >= 15 is 0 Å². The van der Waals surface area contributed by atoms with E-state index in [9.17, 15) is 0 Å². The fraction of sp³-hybridized carbons (Fsp3) is 0.364. The van der Waals surface area contributed by atoms with E-state index in [4.69, 9.17) is 4.74 Å². The molecule has 0 spiro atoms. The van der Waals surface area contributed by atoms with Gasteiger partial charge in [0.1, 0.15) is 5.75 Å². The van der Waals surface area contributed by atoms with Crippen molar-refractivity contribution in [3.63, 3.8) is 0 Å². The smallest absolute Gasteiger partial charge is 0.126 e. The molecule has 1 aromatic rings. The minimum Gasteiger partial charge on any atom is -0.465 e. The predicted molar refractivity (Wildman–Crippen MR) is 110 cm³/mol. The molecule has 0 fully saturated rings. The fourth-order valence-corrected chi connectivity index (χ4v) is 9.50. The van der Waals surface area contributed by atoms with Crippen molar-refractivity contribution < 1.29 is 23.1 Å². The summed E-state index contributed by atoms with van der Waals surface area (Å²) < 4.78 is 7.13. The molecule has 1 aliphatic carbocycles. The first-order valence-corrected chi connectivity index (χ1v) is 15.4. The summed E-state index contributed by atoms with van der Waals surface area (Å²) in [6.07, 6.45) is 7.39. The number of ether oxygens (including phenoxy) is 1. The molecule has 0 aliphatic heterocycles. The fourth-order valence-electron chi connectivity index (χ4n) is 2.68. The molecule has 0 N–H and O–H groups in total. The largest absolute Gasteiger partial charge is 0.465 e. The second kappa shape index (κ2) is 11.5. The van der Waals surface area contributed by atoms with Crippen molar-refractivity contribution in [3.8, 4) is 5.75 Å². The summed E-state index contributed by atoms with van der Waals surface area (Å²) in [6.45, 7) is 16.0. The van der Waals surface area contributed by atoms with Gasteiger partial charge in [0.05, 0.1) is 6.26 Å². The van der Waals surface area contributed by atoms with E-state index in [-0.39, 0.29) is 25.1 Å². The molecule has 0 saturated heterocycles. The van der Waals surface area contributed by atoms with E-state index in [0.29, 0.717) is 0 Å². The summed E-state index contributed by atoms with van der Waals surface area (Å²) in [5, 5.41) is 0. The normalized spacial score (nSPS) is 17.5. The van der Waals surface area contributed by atoms with Crippen molar-refractivity contribution in [2.45, 2.75) is 47.7 Å². The van der Waals surface area contributed by atoms with Gasteiger partial charge in [-0.3, -0.25) is 0 Å². The summed E-state index contributed by atoms with van der Waals surface area (Å²) in [7, 11) is 0. The number of allylic oxidation sites excluding steroid dienone is 7. The van der Waals surface area contributed by atoms with Crippen molar-refractivity contribution in [1.29, 1.82) is 0 Å². The van der Waals surface area contributed by atoms with Crippen LogP contribution in [0, 0.1) is 5.92 Å². The molecular weight excluding hydrogens is 356 g/mol. The molecule has 0 heterocycles. The van der Waals surface area contributed by atoms with E-state index in [1.165, 1.54) is 0 Å². The third-order valence-corrected chi connectivity index (χ3v) is 10.7. The summed E-state index contributed by atoms with van der Waals surface area (Å²) in [5.74, 6) is 1.65. The van der Waals surface area contributed by atoms with Crippen LogP contribution in [-0.2, 0) is 18.4 Å². The van der Waals surface area contributed by atoms with Crippen LogP contribution >= 0.6 is 0 Å². The third-order valence-electron chi connectivity index (χ3n) is 4.41. The molecule has 134 valence electrons. The molecule has 3 heteroatoms. The van der Waals surface area contributed by atoms with Gasteiger partial charge in [-0.25, -0.2) is 0 Å². The Bertz CT molecular complexity index is 654. The average Bonchev–Trinajstić information content (AvgIpc) is 2.78. The number of para-hydroxylation sites is 1. The topological polar surface area (TPSA) is 9.23 Å². The summed E-state index contributed by atoms with van der Waals surface area (Å²) in [6, 6.07) is 9.68. The van der Waals surface area contributed by atoms with Gasteiger partial charge < -0.3 is 4.74 Å². The molecule has 1 aromatic carbocycles. The number of benzene rings is 1. The second-order valence-corrected chi connectivity index (χ2v) is 16.9. The van der Waals surface area contributed by atoms with Crippen LogP contribution in [0.5, 0.6) is 5.75 Å². The molecule has 1 nitrogen and oxygen atoms in total. The van der Waals surface area contributed by atoms with Crippen LogP contribution in [0.3, 0.4) is 0 Å². The first-order chi connectivity index (χ1) is 11.9. The maximum absolute atomic E-state index is 5.28. The SMILES string of the molecule is CC1=C(C)C(C)[C]([Ti][SiH](C)C)=C1C.CC=CC=COc1ccccc1. The molecule has 0 saturated carbocycles. The van der Waals surface area contributed by atoms with E-state index < -0.39 is 0 Å². The molecule has 1 aliphatic rings. The van der Waals surface area contributed by atoms with Gasteiger partial charge in [-0.15, -0.1) is 0 Å². The maximum atomic E-state index is 5.28. The summed E-state index contributed by atoms with van der Waals surface area (Å²) in [4.78, 5) is 0. The Morgan fingerprint density at radius 1 is 1.00 bits per heavy atom. The van der Waals surface area contributed by atoms with Gasteiger partial charge in [0, 0.05) is 0 Å². The zero-order valence-electron chi connectivity index (χ0n) is 16.8. The standard InChI is InChI=1S/C11H12O.C9H13.C2H7Si.Ti/c1-2-3-7-10-12-11-8-5-4-6-9-11;1-6-5-7(2)9(4)8(6)3;1-3-2;/h2-10H,1H3;6H,1-4H3;3H,1-2H3;. The predicted octanol–water partition coefficient (Wildman–Crippen LogP) is 6.47. The Kier molecular flexibility index (Phi) is 10.1. The van der Waals surface area contributed by atoms with Crippen LogP contribution in [0.4, 0.5) is 0 Å². The Labute approximate surface area is 164 Å². The minimum absolute atomic E-state index is 0.267. The van der Waals surface area contributed by atoms with Gasteiger partial charge >= 0.3 is 92.4 Å². The van der Waals surface area contributed by atoms with E-state index in [1.54, 1.807) is 23.0 Å². The quantitative estimate of drug-likeness (QED) is 0.319. The molecular formula is C22H32OSiTi. The van der Waals surface area contributed by atoms with Crippen LogP contribution in [0.25, 0.3) is 0 Å². The van der Waals surface area contributed by atoms with Gasteiger partial charge in [-0.1, -0.05) is 30.4 Å². The van der Waals surface area contributed by atoms with Gasteiger partial charge in [-0.05, 0) is 25.1 Å². The van der Waals surface area contributed by atoms with Crippen LogP contribution in [-0.4, -0.2) is 6.66 Å². The van der Waals surface area contributed by atoms with Crippen LogP contribution in [0.2, 0.25) is 13.1 Å². The van der Waals surface area contributed by atoms with Crippen molar-refractivity contribution in [1.82, 2.24) is 0 Å². The zero-order valence-corrected chi connectivity index (χ0v) is 19.5. The van der Waals surface area contributed by atoms with Crippen LogP contribution in [0.1, 0.15) is 34.6 Å². The Balaban J connectivity index is 0.000000251. The summed E-state index contributed by atoms with van der Waals surface area (Å²) >= 11 is 0.267. The van der Waals surface area contributed by atoms with Gasteiger partial charge in [0.25, 0.3) is 0 Å². The summed E-state index contributed by atoms with van der Waals surface area (Å²) in [5.41, 5.74) is 4.86. The Morgan fingerprint density at radius 3 is 2.12 bits per heavy atom. The number of rotatable bonds is 5. The molecule has 2 rings (SSSR count). The van der Waals surface area contributed by atoms with Crippen molar-refractivity contribution in [3.05, 3.63) is 75.4 Å². The molecule has 25 heavy (non-hydrogen) atoms. The number of hydrogen-bond acceptors (Lipinski definition) is 1. The molecule has 0 radical (unpaired) electrons. The van der Waals surface area contributed by atoms with Gasteiger partial charge in [0.2, 0.25) is 0 Å². The van der Waals surface area contributed by atoms with Crippen molar-refractivity contribution in [2.24, 2.45) is 5.92 Å². The third kappa shape index (κ3) is 7.35. The molecule has 0 amide bonds. The maximum Gasteiger partial charge on any atom is 0.126 e.